The van der Waals surface area contributed by atoms with Crippen molar-refractivity contribution < 1.29 is 14.3 Å². The summed E-state index contributed by atoms with van der Waals surface area (Å²) in [5, 5.41) is 0. The Kier molecular flexibility index (Phi) is 4.99. The number of carbonyl (C=O) groups excluding carboxylic acids is 1. The van der Waals surface area contributed by atoms with Crippen molar-refractivity contribution in [2.24, 2.45) is 0 Å². The lowest BCUT2D eigenvalue weighted by Crippen LogP contribution is -2.27. The maximum atomic E-state index is 12.4. The number of rotatable bonds is 5. The normalized spacial score (nSPS) is 10.2. The molecule has 1 heterocycles. The Morgan fingerprint density at radius 3 is 2.59 bits per heavy atom. The largest absolute Gasteiger partial charge is 0.497 e. The standard InChI is InChI=1S/C17H20N2O3/c1-12-6-5-7-15(18-12)17(20)19(2)11-13-8-9-14(21-3)10-16(13)22-4/h5-10H,11H2,1-4H3. The highest BCUT2D eigenvalue weighted by molar-refractivity contribution is 5.92. The van der Waals surface area contributed by atoms with Gasteiger partial charge in [-0.25, -0.2) is 4.98 Å². The third kappa shape index (κ3) is 3.55. The molecule has 0 spiro atoms. The first-order chi connectivity index (χ1) is 10.5. The van der Waals surface area contributed by atoms with Crippen molar-refractivity contribution in [2.45, 2.75) is 13.5 Å². The number of methoxy groups -OCH3 is 2. The van der Waals surface area contributed by atoms with Gasteiger partial charge in [-0.2, -0.15) is 0 Å². The average molecular weight is 300 g/mol. The molecule has 0 atom stereocenters. The molecule has 5 heteroatoms. The summed E-state index contributed by atoms with van der Waals surface area (Å²) in [6.45, 7) is 2.30. The lowest BCUT2D eigenvalue weighted by atomic mass is 10.1. The number of carbonyl (C=O) groups is 1. The number of aryl methyl sites for hydroxylation is 1. The molecule has 0 radical (unpaired) electrons. The fourth-order valence-electron chi connectivity index (χ4n) is 2.17. The van der Waals surface area contributed by atoms with E-state index in [1.165, 1.54) is 0 Å². The van der Waals surface area contributed by atoms with Crippen LogP contribution in [0.4, 0.5) is 0 Å². The van der Waals surface area contributed by atoms with Gasteiger partial charge in [0.05, 0.1) is 14.2 Å². The zero-order chi connectivity index (χ0) is 16.1. The van der Waals surface area contributed by atoms with Gasteiger partial charge in [-0.1, -0.05) is 6.07 Å². The van der Waals surface area contributed by atoms with Crippen LogP contribution < -0.4 is 9.47 Å². The van der Waals surface area contributed by atoms with Gasteiger partial charge in [0, 0.05) is 30.9 Å². The number of pyridine rings is 1. The number of aromatic nitrogens is 1. The van der Waals surface area contributed by atoms with Crippen molar-refractivity contribution in [3.63, 3.8) is 0 Å². The van der Waals surface area contributed by atoms with Crippen LogP contribution in [0, 0.1) is 6.92 Å². The van der Waals surface area contributed by atoms with Crippen LogP contribution in [-0.4, -0.2) is 37.1 Å². The quantitative estimate of drug-likeness (QED) is 0.852. The van der Waals surface area contributed by atoms with Crippen molar-refractivity contribution in [2.75, 3.05) is 21.3 Å². The Bertz CT molecular complexity index is 671. The van der Waals surface area contributed by atoms with E-state index in [0.29, 0.717) is 18.0 Å². The van der Waals surface area contributed by atoms with Crippen LogP contribution in [0.5, 0.6) is 11.5 Å². The summed E-state index contributed by atoms with van der Waals surface area (Å²) in [6.07, 6.45) is 0. The Morgan fingerprint density at radius 1 is 1.18 bits per heavy atom. The van der Waals surface area contributed by atoms with Gasteiger partial charge in [0.1, 0.15) is 17.2 Å². The van der Waals surface area contributed by atoms with Crippen LogP contribution in [0.2, 0.25) is 0 Å². The van der Waals surface area contributed by atoms with Crippen LogP contribution >= 0.6 is 0 Å². The molecule has 1 aromatic carbocycles. The van der Waals surface area contributed by atoms with Gasteiger partial charge in [-0.15, -0.1) is 0 Å². The highest BCUT2D eigenvalue weighted by Crippen LogP contribution is 2.25. The number of hydrogen-bond donors (Lipinski definition) is 0. The summed E-state index contributed by atoms with van der Waals surface area (Å²) in [7, 11) is 4.95. The van der Waals surface area contributed by atoms with Crippen molar-refractivity contribution in [3.8, 4) is 11.5 Å². The molecule has 0 aliphatic rings. The first-order valence-corrected chi connectivity index (χ1v) is 6.95. The maximum Gasteiger partial charge on any atom is 0.272 e. The van der Waals surface area contributed by atoms with E-state index in [9.17, 15) is 4.79 Å². The zero-order valence-electron chi connectivity index (χ0n) is 13.3. The van der Waals surface area contributed by atoms with E-state index in [1.807, 2.05) is 31.2 Å². The van der Waals surface area contributed by atoms with Crippen LogP contribution in [0.3, 0.4) is 0 Å². The molecule has 0 aliphatic heterocycles. The van der Waals surface area contributed by atoms with Crippen molar-refractivity contribution in [3.05, 3.63) is 53.3 Å². The Morgan fingerprint density at radius 2 is 1.95 bits per heavy atom. The minimum atomic E-state index is -0.124. The van der Waals surface area contributed by atoms with Crippen molar-refractivity contribution in [1.29, 1.82) is 0 Å². The molecule has 0 fully saturated rings. The summed E-state index contributed by atoms with van der Waals surface area (Å²) >= 11 is 0. The van der Waals surface area contributed by atoms with E-state index >= 15 is 0 Å². The monoisotopic (exact) mass is 300 g/mol. The molecule has 1 amide bonds. The molecule has 0 aliphatic carbocycles. The zero-order valence-corrected chi connectivity index (χ0v) is 13.3. The Balaban J connectivity index is 2.18. The first kappa shape index (κ1) is 15.8. The highest BCUT2D eigenvalue weighted by atomic mass is 16.5. The number of amides is 1. The Hall–Kier alpha value is -2.56. The van der Waals surface area contributed by atoms with E-state index < -0.39 is 0 Å². The molecule has 0 saturated heterocycles. The van der Waals surface area contributed by atoms with E-state index in [4.69, 9.17) is 9.47 Å². The van der Waals surface area contributed by atoms with Gasteiger partial charge in [0.15, 0.2) is 0 Å². The summed E-state index contributed by atoms with van der Waals surface area (Å²) < 4.78 is 10.5. The second kappa shape index (κ2) is 6.93. The van der Waals surface area contributed by atoms with Gasteiger partial charge in [0.2, 0.25) is 0 Å². The molecule has 0 saturated carbocycles. The fraction of sp³-hybridized carbons (Fsp3) is 0.294. The molecular weight excluding hydrogens is 280 g/mol. The summed E-state index contributed by atoms with van der Waals surface area (Å²) in [5.74, 6) is 1.28. The predicted octanol–water partition coefficient (Wildman–Crippen LogP) is 2.68. The number of benzene rings is 1. The van der Waals surface area contributed by atoms with Gasteiger partial charge in [0.25, 0.3) is 5.91 Å². The van der Waals surface area contributed by atoms with Gasteiger partial charge in [-0.05, 0) is 31.2 Å². The molecule has 1 aromatic heterocycles. The number of ether oxygens (including phenoxy) is 2. The smallest absolute Gasteiger partial charge is 0.272 e. The first-order valence-electron chi connectivity index (χ1n) is 6.95. The predicted molar refractivity (Wildman–Crippen MR) is 84.3 cm³/mol. The molecule has 5 nitrogen and oxygen atoms in total. The van der Waals surface area contributed by atoms with Crippen LogP contribution in [0.25, 0.3) is 0 Å². The lowest BCUT2D eigenvalue weighted by molar-refractivity contribution is 0.0778. The van der Waals surface area contributed by atoms with Crippen LogP contribution in [0.15, 0.2) is 36.4 Å². The molecule has 116 valence electrons. The van der Waals surface area contributed by atoms with E-state index in [-0.39, 0.29) is 5.91 Å². The van der Waals surface area contributed by atoms with Gasteiger partial charge < -0.3 is 14.4 Å². The number of hydrogen-bond acceptors (Lipinski definition) is 4. The molecular formula is C17H20N2O3. The minimum absolute atomic E-state index is 0.124. The third-order valence-corrected chi connectivity index (χ3v) is 3.36. The second-order valence-electron chi connectivity index (χ2n) is 5.00. The molecule has 0 N–H and O–H groups in total. The molecule has 2 rings (SSSR count). The SMILES string of the molecule is COc1ccc(CN(C)C(=O)c2cccc(C)n2)c(OC)c1. The summed E-state index contributed by atoms with van der Waals surface area (Å²) in [5.41, 5.74) is 2.17. The van der Waals surface area contributed by atoms with Crippen molar-refractivity contribution >= 4 is 5.91 Å². The fourth-order valence-corrected chi connectivity index (χ4v) is 2.17. The van der Waals surface area contributed by atoms with Gasteiger partial charge >= 0.3 is 0 Å². The highest BCUT2D eigenvalue weighted by Gasteiger charge is 2.15. The van der Waals surface area contributed by atoms with Crippen LogP contribution in [0.1, 0.15) is 21.7 Å². The van der Waals surface area contributed by atoms with E-state index in [2.05, 4.69) is 4.98 Å². The van der Waals surface area contributed by atoms with Crippen LogP contribution in [-0.2, 0) is 6.54 Å². The molecule has 0 unspecified atom stereocenters. The molecule has 2 aromatic rings. The third-order valence-electron chi connectivity index (χ3n) is 3.36. The molecule has 22 heavy (non-hydrogen) atoms. The van der Waals surface area contributed by atoms with E-state index in [0.717, 1.165) is 17.0 Å². The summed E-state index contributed by atoms with van der Waals surface area (Å²) in [4.78, 5) is 18.3. The van der Waals surface area contributed by atoms with E-state index in [1.54, 1.807) is 38.3 Å². The topological polar surface area (TPSA) is 51.7 Å². The second-order valence-corrected chi connectivity index (χ2v) is 5.00. The summed E-state index contributed by atoms with van der Waals surface area (Å²) in [6, 6.07) is 11.0. The van der Waals surface area contributed by atoms with Gasteiger partial charge in [-0.3, -0.25) is 4.79 Å². The minimum Gasteiger partial charge on any atom is -0.497 e. The number of nitrogens with zero attached hydrogens (tertiary/aromatic N) is 2. The van der Waals surface area contributed by atoms with Crippen molar-refractivity contribution in [1.82, 2.24) is 9.88 Å². The maximum absolute atomic E-state index is 12.4. The lowest BCUT2D eigenvalue weighted by Gasteiger charge is -2.19. The average Bonchev–Trinajstić information content (AvgIpc) is 2.54. The molecule has 0 bridgehead atoms. The Labute approximate surface area is 130 Å².